The fourth-order valence-corrected chi connectivity index (χ4v) is 2.67. The first-order valence-corrected chi connectivity index (χ1v) is 7.21. The minimum absolute atomic E-state index is 0.0260. The first kappa shape index (κ1) is 14.3. The second-order valence-corrected chi connectivity index (χ2v) is 6.00. The maximum Gasteiger partial charge on any atom is 0.228 e. The Morgan fingerprint density at radius 1 is 1.37 bits per heavy atom. The van der Waals surface area contributed by atoms with Crippen LogP contribution in [0.25, 0.3) is 11.3 Å². The Balaban J connectivity index is 2.26. The van der Waals surface area contributed by atoms with Crippen LogP contribution >= 0.6 is 34.5 Å². The van der Waals surface area contributed by atoms with Crippen LogP contribution in [0.5, 0.6) is 0 Å². The number of amides is 1. The number of nitrogens with zero attached hydrogens (tertiary/aromatic N) is 2. The van der Waals surface area contributed by atoms with E-state index in [1.807, 2.05) is 5.38 Å². The van der Waals surface area contributed by atoms with E-state index in [0.717, 1.165) is 16.3 Å². The number of halogens is 2. The van der Waals surface area contributed by atoms with Crippen molar-refractivity contribution in [2.45, 2.75) is 6.42 Å². The molecule has 2 rings (SSSR count). The molecule has 0 aliphatic rings. The summed E-state index contributed by atoms with van der Waals surface area (Å²) in [5, 5.41) is 3.86. The largest absolute Gasteiger partial charge is 0.348 e. The molecule has 100 valence electrons. The van der Waals surface area contributed by atoms with Crippen LogP contribution < -0.4 is 0 Å². The fourth-order valence-electron chi connectivity index (χ4n) is 1.50. The molecule has 0 saturated heterocycles. The van der Waals surface area contributed by atoms with Gasteiger partial charge in [0.25, 0.3) is 0 Å². The van der Waals surface area contributed by atoms with Gasteiger partial charge in [-0.2, -0.15) is 0 Å². The van der Waals surface area contributed by atoms with Crippen molar-refractivity contribution >= 4 is 40.4 Å². The summed E-state index contributed by atoms with van der Waals surface area (Å²) in [6.07, 6.45) is 0.301. The number of likely N-dealkylation sites (N-methyl/N-ethyl adjacent to an activating group) is 1. The molecule has 6 heteroatoms. The van der Waals surface area contributed by atoms with Gasteiger partial charge in [-0.25, -0.2) is 4.98 Å². The molecule has 1 aromatic heterocycles. The summed E-state index contributed by atoms with van der Waals surface area (Å²) in [7, 11) is 3.45. The van der Waals surface area contributed by atoms with E-state index < -0.39 is 0 Å². The number of hydrogen-bond acceptors (Lipinski definition) is 3. The van der Waals surface area contributed by atoms with Crippen molar-refractivity contribution in [3.8, 4) is 11.3 Å². The lowest BCUT2D eigenvalue weighted by Crippen LogP contribution is -2.23. The molecule has 19 heavy (non-hydrogen) atoms. The lowest BCUT2D eigenvalue weighted by molar-refractivity contribution is -0.127. The molecule has 0 N–H and O–H groups in total. The molecule has 1 amide bonds. The van der Waals surface area contributed by atoms with Crippen LogP contribution in [0.1, 0.15) is 5.01 Å². The number of rotatable bonds is 3. The van der Waals surface area contributed by atoms with Gasteiger partial charge in [0.15, 0.2) is 0 Å². The number of carbonyl (C=O) groups excluding carboxylic acids is 1. The highest BCUT2D eigenvalue weighted by Gasteiger charge is 2.12. The van der Waals surface area contributed by atoms with Crippen molar-refractivity contribution in [3.05, 3.63) is 38.6 Å². The molecule has 0 saturated carbocycles. The quantitative estimate of drug-likeness (QED) is 0.864. The topological polar surface area (TPSA) is 33.2 Å². The zero-order valence-electron chi connectivity index (χ0n) is 10.5. The van der Waals surface area contributed by atoms with Gasteiger partial charge in [-0.1, -0.05) is 23.2 Å². The number of benzene rings is 1. The van der Waals surface area contributed by atoms with Crippen molar-refractivity contribution in [2.24, 2.45) is 0 Å². The van der Waals surface area contributed by atoms with Gasteiger partial charge in [-0.05, 0) is 18.2 Å². The number of aromatic nitrogens is 1. The molecule has 1 aromatic carbocycles. The van der Waals surface area contributed by atoms with E-state index in [1.165, 1.54) is 11.3 Å². The Morgan fingerprint density at radius 2 is 2.11 bits per heavy atom. The number of hydrogen-bond donors (Lipinski definition) is 0. The molecule has 0 unspecified atom stereocenters. The predicted octanol–water partition coefficient (Wildman–Crippen LogP) is 3.75. The monoisotopic (exact) mass is 314 g/mol. The van der Waals surface area contributed by atoms with E-state index in [9.17, 15) is 4.79 Å². The van der Waals surface area contributed by atoms with Gasteiger partial charge in [0.1, 0.15) is 5.01 Å². The summed E-state index contributed by atoms with van der Waals surface area (Å²) < 4.78 is 0. The standard InChI is InChI=1S/C13H12Cl2N2OS/c1-17(2)13(18)6-12-16-11(7-19-12)9-5-8(14)3-4-10(9)15/h3-5,7H,6H2,1-2H3. The van der Waals surface area contributed by atoms with Gasteiger partial charge in [0, 0.05) is 30.1 Å². The molecule has 0 atom stereocenters. The molecule has 0 fully saturated rings. The molecule has 0 radical (unpaired) electrons. The third-order valence-electron chi connectivity index (χ3n) is 2.56. The molecule has 0 aliphatic heterocycles. The van der Waals surface area contributed by atoms with E-state index in [-0.39, 0.29) is 5.91 Å². The van der Waals surface area contributed by atoms with Crippen molar-refractivity contribution in [1.82, 2.24) is 9.88 Å². The zero-order valence-corrected chi connectivity index (χ0v) is 12.8. The van der Waals surface area contributed by atoms with E-state index >= 15 is 0 Å². The average Bonchev–Trinajstić information content (AvgIpc) is 2.80. The summed E-state index contributed by atoms with van der Waals surface area (Å²) in [5.41, 5.74) is 1.54. The second-order valence-electron chi connectivity index (χ2n) is 4.22. The first-order chi connectivity index (χ1) is 8.97. The van der Waals surface area contributed by atoms with Crippen molar-refractivity contribution < 1.29 is 4.79 Å². The molecule has 0 spiro atoms. The van der Waals surface area contributed by atoms with Crippen molar-refractivity contribution in [1.29, 1.82) is 0 Å². The summed E-state index contributed by atoms with van der Waals surface area (Å²) in [5.74, 6) is 0.0260. The van der Waals surface area contributed by atoms with E-state index in [4.69, 9.17) is 23.2 Å². The summed E-state index contributed by atoms with van der Waals surface area (Å²) in [4.78, 5) is 17.6. The fraction of sp³-hybridized carbons (Fsp3) is 0.231. The van der Waals surface area contributed by atoms with Gasteiger partial charge in [0.05, 0.1) is 17.1 Å². The maximum absolute atomic E-state index is 11.6. The Morgan fingerprint density at radius 3 is 2.79 bits per heavy atom. The van der Waals surface area contributed by atoms with Crippen molar-refractivity contribution in [2.75, 3.05) is 14.1 Å². The Hall–Kier alpha value is -1.10. The SMILES string of the molecule is CN(C)C(=O)Cc1nc(-c2cc(Cl)ccc2Cl)cs1. The summed E-state index contributed by atoms with van der Waals surface area (Å²) in [6.45, 7) is 0. The Labute approximate surface area is 125 Å². The van der Waals surface area contributed by atoms with Crippen LogP contribution in [-0.2, 0) is 11.2 Å². The lowest BCUT2D eigenvalue weighted by atomic mass is 10.2. The normalized spacial score (nSPS) is 10.5. The minimum atomic E-state index is 0.0260. The highest BCUT2D eigenvalue weighted by molar-refractivity contribution is 7.10. The van der Waals surface area contributed by atoms with E-state index in [2.05, 4.69) is 4.98 Å². The zero-order chi connectivity index (χ0) is 14.0. The molecule has 3 nitrogen and oxygen atoms in total. The number of thiazole rings is 1. The van der Waals surface area contributed by atoms with Gasteiger partial charge >= 0.3 is 0 Å². The molecule has 2 aromatic rings. The van der Waals surface area contributed by atoms with Gasteiger partial charge in [-0.3, -0.25) is 4.79 Å². The third kappa shape index (κ3) is 3.47. The highest BCUT2D eigenvalue weighted by atomic mass is 35.5. The molecular weight excluding hydrogens is 303 g/mol. The summed E-state index contributed by atoms with van der Waals surface area (Å²) >= 11 is 13.5. The first-order valence-electron chi connectivity index (χ1n) is 5.57. The summed E-state index contributed by atoms with van der Waals surface area (Å²) in [6, 6.07) is 5.25. The second kappa shape index (κ2) is 5.90. The third-order valence-corrected chi connectivity index (χ3v) is 3.97. The van der Waals surface area contributed by atoms with Crippen LogP contribution in [0.3, 0.4) is 0 Å². The smallest absolute Gasteiger partial charge is 0.228 e. The van der Waals surface area contributed by atoms with Crippen LogP contribution in [0.15, 0.2) is 23.6 Å². The predicted molar refractivity (Wildman–Crippen MR) is 80.0 cm³/mol. The van der Waals surface area contributed by atoms with Crippen LogP contribution in [0.2, 0.25) is 10.0 Å². The van der Waals surface area contributed by atoms with E-state index in [0.29, 0.717) is 16.5 Å². The average molecular weight is 315 g/mol. The van der Waals surface area contributed by atoms with Gasteiger partial charge < -0.3 is 4.90 Å². The molecular formula is C13H12Cl2N2OS. The van der Waals surface area contributed by atoms with Crippen LogP contribution in [0, 0.1) is 0 Å². The highest BCUT2D eigenvalue weighted by Crippen LogP contribution is 2.31. The van der Waals surface area contributed by atoms with Crippen molar-refractivity contribution in [3.63, 3.8) is 0 Å². The van der Waals surface area contributed by atoms with Crippen LogP contribution in [-0.4, -0.2) is 29.9 Å². The molecule has 0 bridgehead atoms. The molecule has 1 heterocycles. The number of carbonyl (C=O) groups is 1. The molecule has 0 aliphatic carbocycles. The van der Waals surface area contributed by atoms with E-state index in [1.54, 1.807) is 37.2 Å². The van der Waals surface area contributed by atoms with Gasteiger partial charge in [-0.15, -0.1) is 11.3 Å². The maximum atomic E-state index is 11.6. The Kier molecular flexibility index (Phi) is 4.45. The van der Waals surface area contributed by atoms with Gasteiger partial charge in [0.2, 0.25) is 5.91 Å². The van der Waals surface area contributed by atoms with Crippen LogP contribution in [0.4, 0.5) is 0 Å². The lowest BCUT2D eigenvalue weighted by Gasteiger charge is -2.07. The Bertz CT molecular complexity index is 610. The minimum Gasteiger partial charge on any atom is -0.348 e.